The second-order valence-corrected chi connectivity index (χ2v) is 9.11. The van der Waals surface area contributed by atoms with Crippen LogP contribution in [0.5, 0.6) is 0 Å². The molecule has 5 heteroatoms. The van der Waals surface area contributed by atoms with Crippen LogP contribution >= 0.6 is 0 Å². The summed E-state index contributed by atoms with van der Waals surface area (Å²) < 4.78 is 24.3. The van der Waals surface area contributed by atoms with Crippen LogP contribution in [0.3, 0.4) is 0 Å². The molecule has 0 bridgehead atoms. The van der Waals surface area contributed by atoms with E-state index in [-0.39, 0.29) is 6.04 Å². The summed E-state index contributed by atoms with van der Waals surface area (Å²) in [6, 6.07) is 8.02. The SMILES string of the molecule is CC(C)S(=O)(=O)[C@H](C)C(=O)N[C@@H]1CCCCc2ccccc21. The van der Waals surface area contributed by atoms with Gasteiger partial charge in [0.15, 0.2) is 9.84 Å². The number of sulfone groups is 1. The van der Waals surface area contributed by atoms with Gasteiger partial charge < -0.3 is 5.32 Å². The number of carbonyl (C=O) groups excluding carboxylic acids is 1. The van der Waals surface area contributed by atoms with Crippen LogP contribution in [0.4, 0.5) is 0 Å². The second kappa shape index (κ2) is 6.82. The van der Waals surface area contributed by atoms with Gasteiger partial charge in [0.05, 0.1) is 11.3 Å². The summed E-state index contributed by atoms with van der Waals surface area (Å²) in [6.45, 7) is 4.70. The lowest BCUT2D eigenvalue weighted by molar-refractivity contribution is -0.121. The molecule has 0 saturated carbocycles. The Morgan fingerprint density at radius 3 is 2.55 bits per heavy atom. The van der Waals surface area contributed by atoms with Crippen molar-refractivity contribution in [3.63, 3.8) is 0 Å². The molecule has 122 valence electrons. The van der Waals surface area contributed by atoms with Crippen molar-refractivity contribution >= 4 is 15.7 Å². The van der Waals surface area contributed by atoms with Gasteiger partial charge in [0.2, 0.25) is 5.91 Å². The molecule has 2 rings (SSSR count). The highest BCUT2D eigenvalue weighted by Crippen LogP contribution is 2.28. The van der Waals surface area contributed by atoms with E-state index in [1.807, 2.05) is 18.2 Å². The fraction of sp³-hybridized carbons (Fsp3) is 0.588. The highest BCUT2D eigenvalue weighted by molar-refractivity contribution is 7.93. The summed E-state index contributed by atoms with van der Waals surface area (Å²) in [4.78, 5) is 12.4. The van der Waals surface area contributed by atoms with Crippen molar-refractivity contribution in [3.8, 4) is 0 Å². The zero-order chi connectivity index (χ0) is 16.3. The molecule has 1 aromatic carbocycles. The Kier molecular flexibility index (Phi) is 5.27. The van der Waals surface area contributed by atoms with E-state index in [0.717, 1.165) is 31.2 Å². The Balaban J connectivity index is 2.18. The van der Waals surface area contributed by atoms with Gasteiger partial charge in [0.25, 0.3) is 0 Å². The predicted molar refractivity (Wildman–Crippen MR) is 88.4 cm³/mol. The molecule has 1 aromatic rings. The molecule has 22 heavy (non-hydrogen) atoms. The first-order valence-corrected chi connectivity index (χ1v) is 9.56. The van der Waals surface area contributed by atoms with Crippen LogP contribution in [-0.4, -0.2) is 24.8 Å². The molecule has 0 radical (unpaired) electrons. The van der Waals surface area contributed by atoms with E-state index in [1.54, 1.807) is 13.8 Å². The Morgan fingerprint density at radius 2 is 1.86 bits per heavy atom. The Labute approximate surface area is 133 Å². The molecular weight excluding hydrogens is 298 g/mol. The summed E-state index contributed by atoms with van der Waals surface area (Å²) in [6.07, 6.45) is 4.01. The van der Waals surface area contributed by atoms with Crippen LogP contribution in [0.2, 0.25) is 0 Å². The number of fused-ring (bicyclic) bond motifs is 1. The molecule has 0 aliphatic heterocycles. The van der Waals surface area contributed by atoms with Crippen molar-refractivity contribution in [3.05, 3.63) is 35.4 Å². The number of nitrogens with one attached hydrogen (secondary N) is 1. The molecule has 0 aromatic heterocycles. The third kappa shape index (κ3) is 3.51. The summed E-state index contributed by atoms with van der Waals surface area (Å²) in [5, 5.41) is 1.40. The van der Waals surface area contributed by atoms with Crippen LogP contribution in [0.25, 0.3) is 0 Å². The fourth-order valence-corrected chi connectivity index (χ4v) is 4.10. The molecular formula is C17H25NO3S. The van der Waals surface area contributed by atoms with Gasteiger partial charge in [0, 0.05) is 0 Å². The van der Waals surface area contributed by atoms with Crippen molar-refractivity contribution < 1.29 is 13.2 Å². The molecule has 0 heterocycles. The van der Waals surface area contributed by atoms with Crippen LogP contribution < -0.4 is 5.32 Å². The van der Waals surface area contributed by atoms with E-state index < -0.39 is 26.2 Å². The van der Waals surface area contributed by atoms with E-state index >= 15 is 0 Å². The molecule has 1 aliphatic carbocycles. The van der Waals surface area contributed by atoms with Gasteiger partial charge in [-0.2, -0.15) is 0 Å². The van der Waals surface area contributed by atoms with Crippen LogP contribution in [0.15, 0.2) is 24.3 Å². The summed E-state index contributed by atoms with van der Waals surface area (Å²) in [5.74, 6) is -0.393. The first-order chi connectivity index (χ1) is 10.3. The largest absolute Gasteiger partial charge is 0.348 e. The molecule has 4 nitrogen and oxygen atoms in total. The van der Waals surface area contributed by atoms with Gasteiger partial charge in [-0.3, -0.25) is 4.79 Å². The fourth-order valence-electron chi connectivity index (χ4n) is 2.92. The standard InChI is InChI=1S/C17H25NO3S/c1-12(2)22(20,21)13(3)17(19)18-16-11-7-5-9-14-8-4-6-10-15(14)16/h4,6,8,10,12-13,16H,5,7,9,11H2,1-3H3,(H,18,19)/t13-,16-/m1/s1. The van der Waals surface area contributed by atoms with Gasteiger partial charge in [-0.05, 0) is 51.2 Å². The smallest absolute Gasteiger partial charge is 0.238 e. The number of amides is 1. The lowest BCUT2D eigenvalue weighted by Gasteiger charge is -2.22. The zero-order valence-corrected chi connectivity index (χ0v) is 14.3. The summed E-state index contributed by atoms with van der Waals surface area (Å²) >= 11 is 0. The summed E-state index contributed by atoms with van der Waals surface area (Å²) in [7, 11) is -3.43. The number of hydrogen-bond acceptors (Lipinski definition) is 3. The topological polar surface area (TPSA) is 63.2 Å². The summed E-state index contributed by atoms with van der Waals surface area (Å²) in [5.41, 5.74) is 2.38. The lowest BCUT2D eigenvalue weighted by atomic mass is 9.99. The quantitative estimate of drug-likeness (QED) is 0.867. The first kappa shape index (κ1) is 17.0. The minimum Gasteiger partial charge on any atom is -0.348 e. The molecule has 1 amide bonds. The third-order valence-corrected chi connectivity index (χ3v) is 6.97. The van der Waals surface area contributed by atoms with Gasteiger partial charge in [-0.1, -0.05) is 30.7 Å². The second-order valence-electron chi connectivity index (χ2n) is 6.29. The Bertz CT molecular complexity index is 637. The van der Waals surface area contributed by atoms with Gasteiger partial charge in [-0.25, -0.2) is 8.42 Å². The highest BCUT2D eigenvalue weighted by atomic mass is 32.2. The first-order valence-electron chi connectivity index (χ1n) is 7.95. The van der Waals surface area contributed by atoms with Gasteiger partial charge in [0.1, 0.15) is 5.25 Å². The van der Waals surface area contributed by atoms with Crippen molar-refractivity contribution in [1.29, 1.82) is 0 Å². The van der Waals surface area contributed by atoms with E-state index in [1.165, 1.54) is 12.5 Å². The Hall–Kier alpha value is -1.36. The minimum atomic E-state index is -3.43. The Morgan fingerprint density at radius 1 is 1.18 bits per heavy atom. The molecule has 1 aliphatic rings. The van der Waals surface area contributed by atoms with Crippen molar-refractivity contribution in [2.45, 2.75) is 63.0 Å². The van der Waals surface area contributed by atoms with Crippen LogP contribution in [0.1, 0.15) is 57.2 Å². The van der Waals surface area contributed by atoms with E-state index in [0.29, 0.717) is 0 Å². The van der Waals surface area contributed by atoms with E-state index in [2.05, 4.69) is 11.4 Å². The number of hydrogen-bond donors (Lipinski definition) is 1. The average molecular weight is 323 g/mol. The van der Waals surface area contributed by atoms with E-state index in [9.17, 15) is 13.2 Å². The van der Waals surface area contributed by atoms with Gasteiger partial charge >= 0.3 is 0 Å². The third-order valence-electron chi connectivity index (χ3n) is 4.46. The molecule has 0 fully saturated rings. The van der Waals surface area contributed by atoms with Crippen LogP contribution in [0, 0.1) is 0 Å². The molecule has 0 unspecified atom stereocenters. The van der Waals surface area contributed by atoms with Gasteiger partial charge in [-0.15, -0.1) is 0 Å². The number of rotatable bonds is 4. The predicted octanol–water partition coefficient (Wildman–Crippen LogP) is 2.78. The average Bonchev–Trinajstić information content (AvgIpc) is 2.69. The maximum absolute atomic E-state index is 12.4. The maximum atomic E-state index is 12.4. The molecule has 0 saturated heterocycles. The van der Waals surface area contributed by atoms with E-state index in [4.69, 9.17) is 0 Å². The van der Waals surface area contributed by atoms with Crippen LogP contribution in [-0.2, 0) is 21.1 Å². The zero-order valence-electron chi connectivity index (χ0n) is 13.5. The molecule has 1 N–H and O–H groups in total. The highest BCUT2D eigenvalue weighted by Gasteiger charge is 2.32. The monoisotopic (exact) mass is 323 g/mol. The van der Waals surface area contributed by atoms with Crippen molar-refractivity contribution in [2.75, 3.05) is 0 Å². The van der Waals surface area contributed by atoms with Crippen molar-refractivity contribution in [2.24, 2.45) is 0 Å². The number of carbonyl (C=O) groups is 1. The maximum Gasteiger partial charge on any atom is 0.238 e. The number of benzene rings is 1. The normalized spacial score (nSPS) is 20.1. The minimum absolute atomic E-state index is 0.0870. The number of aryl methyl sites for hydroxylation is 1. The van der Waals surface area contributed by atoms with Crippen molar-refractivity contribution in [1.82, 2.24) is 5.32 Å². The molecule has 0 spiro atoms. The molecule has 2 atom stereocenters. The lowest BCUT2D eigenvalue weighted by Crippen LogP contribution is -2.42.